The molecular formula is C6H14O7. The minimum atomic E-state index is -1.22. The monoisotopic (exact) mass is 198 g/mol. The van der Waals surface area contributed by atoms with Crippen molar-refractivity contribution in [1.82, 2.24) is 0 Å². The van der Waals surface area contributed by atoms with Gasteiger partial charge in [-0.2, -0.15) is 0 Å². The summed E-state index contributed by atoms with van der Waals surface area (Å²) in [5.41, 5.74) is 0. The lowest BCUT2D eigenvalue weighted by molar-refractivity contribution is -0.140. The minimum absolute atomic E-state index is 0.526. The first kappa shape index (κ1) is 14.8. The number of rotatable bonds is 4. The van der Waals surface area contributed by atoms with Gasteiger partial charge in [0.05, 0.1) is 13.2 Å². The van der Waals surface area contributed by atoms with Crippen LogP contribution in [0.5, 0.6) is 0 Å². The molecule has 2 atom stereocenters. The third kappa shape index (κ3) is 11.3. The molecule has 0 aliphatic rings. The first-order valence-corrected chi connectivity index (χ1v) is 3.40. The predicted molar refractivity (Wildman–Crippen MR) is 40.9 cm³/mol. The van der Waals surface area contributed by atoms with Crippen molar-refractivity contribution in [2.24, 2.45) is 0 Å². The molecule has 0 radical (unpaired) electrons. The third-order valence-corrected chi connectivity index (χ3v) is 0.954. The Morgan fingerprint density at radius 3 is 1.31 bits per heavy atom. The number of carbonyl (C=O) groups is 1. The molecule has 0 rings (SSSR count). The number of carboxylic acids is 1. The van der Waals surface area contributed by atoms with E-state index in [1.165, 1.54) is 0 Å². The summed E-state index contributed by atoms with van der Waals surface area (Å²) in [6.07, 6.45) is -2.44. The molecule has 0 aromatic carbocycles. The number of aliphatic hydroxyl groups excluding tert-OH is 5. The van der Waals surface area contributed by atoms with E-state index in [1.807, 2.05) is 0 Å². The van der Waals surface area contributed by atoms with Gasteiger partial charge in [-0.3, -0.25) is 0 Å². The molecule has 0 spiro atoms. The molecule has 0 aliphatic heterocycles. The third-order valence-electron chi connectivity index (χ3n) is 0.954. The fourth-order valence-electron chi connectivity index (χ4n) is 0.243. The van der Waals surface area contributed by atoms with Crippen molar-refractivity contribution < 1.29 is 35.4 Å². The van der Waals surface area contributed by atoms with Gasteiger partial charge in [-0.15, -0.1) is 0 Å². The Balaban J connectivity index is 0. The largest absolute Gasteiger partial charge is 0.480 e. The van der Waals surface area contributed by atoms with Crippen LogP contribution >= 0.6 is 0 Å². The predicted octanol–water partition coefficient (Wildman–Crippen LogP) is -3.24. The van der Waals surface area contributed by atoms with Crippen LogP contribution in [0.2, 0.25) is 0 Å². The summed E-state index contributed by atoms with van der Waals surface area (Å²) in [7, 11) is 0. The van der Waals surface area contributed by atoms with Gasteiger partial charge in [0.15, 0.2) is 0 Å². The number of hydrogen-bond donors (Lipinski definition) is 6. The SMILES string of the molecule is O=C(O)CO.OCC(O)C(O)CO. The first-order chi connectivity index (χ1) is 5.99. The summed E-state index contributed by atoms with van der Waals surface area (Å²) < 4.78 is 0. The molecule has 0 saturated carbocycles. The lowest BCUT2D eigenvalue weighted by Gasteiger charge is -2.10. The first-order valence-electron chi connectivity index (χ1n) is 3.40. The van der Waals surface area contributed by atoms with Crippen LogP contribution < -0.4 is 0 Å². The number of carboxylic acid groups (broad SMARTS) is 1. The zero-order valence-corrected chi connectivity index (χ0v) is 6.87. The van der Waals surface area contributed by atoms with Gasteiger partial charge in [-0.05, 0) is 0 Å². The molecule has 7 heteroatoms. The van der Waals surface area contributed by atoms with Gasteiger partial charge in [0.2, 0.25) is 0 Å². The fraction of sp³-hybridized carbons (Fsp3) is 0.833. The second-order valence-electron chi connectivity index (χ2n) is 2.05. The fourth-order valence-corrected chi connectivity index (χ4v) is 0.243. The maximum Gasteiger partial charge on any atom is 0.329 e. The number of aliphatic hydroxyl groups is 5. The van der Waals surface area contributed by atoms with Gasteiger partial charge in [0.1, 0.15) is 18.8 Å². The highest BCUT2D eigenvalue weighted by atomic mass is 16.4. The van der Waals surface area contributed by atoms with Crippen molar-refractivity contribution in [1.29, 1.82) is 0 Å². The molecule has 0 aliphatic carbocycles. The Kier molecular flexibility index (Phi) is 10.6. The summed E-state index contributed by atoms with van der Waals surface area (Å²) in [6, 6.07) is 0. The number of hydrogen-bond acceptors (Lipinski definition) is 6. The van der Waals surface area contributed by atoms with Gasteiger partial charge in [0, 0.05) is 0 Å². The van der Waals surface area contributed by atoms with Gasteiger partial charge >= 0.3 is 5.97 Å². The Hall–Kier alpha value is -0.730. The highest BCUT2D eigenvalue weighted by Crippen LogP contribution is 1.88. The van der Waals surface area contributed by atoms with Crippen molar-refractivity contribution in [2.45, 2.75) is 12.2 Å². The molecule has 0 aromatic rings. The molecule has 0 saturated heterocycles. The van der Waals surface area contributed by atoms with Crippen LogP contribution in [0.3, 0.4) is 0 Å². The van der Waals surface area contributed by atoms with Gasteiger partial charge < -0.3 is 30.6 Å². The quantitative estimate of drug-likeness (QED) is 0.279. The summed E-state index contributed by atoms with van der Waals surface area (Å²) in [5, 5.41) is 48.2. The van der Waals surface area contributed by atoms with Crippen LogP contribution in [0.15, 0.2) is 0 Å². The van der Waals surface area contributed by atoms with Crippen molar-refractivity contribution in [3.05, 3.63) is 0 Å². The van der Waals surface area contributed by atoms with Crippen LogP contribution in [0.1, 0.15) is 0 Å². The van der Waals surface area contributed by atoms with E-state index in [0.717, 1.165) is 0 Å². The number of aliphatic carboxylic acids is 1. The van der Waals surface area contributed by atoms with E-state index < -0.39 is 38.0 Å². The van der Waals surface area contributed by atoms with Crippen LogP contribution in [0.25, 0.3) is 0 Å². The lowest BCUT2D eigenvalue weighted by atomic mass is 10.2. The topological polar surface area (TPSA) is 138 Å². The second kappa shape index (κ2) is 9.36. The van der Waals surface area contributed by atoms with Crippen LogP contribution in [-0.4, -0.2) is 68.6 Å². The molecule has 6 N–H and O–H groups in total. The van der Waals surface area contributed by atoms with E-state index >= 15 is 0 Å². The molecule has 0 bridgehead atoms. The minimum Gasteiger partial charge on any atom is -0.480 e. The summed E-state index contributed by atoms with van der Waals surface area (Å²) in [6.45, 7) is -1.83. The van der Waals surface area contributed by atoms with Gasteiger partial charge in [-0.1, -0.05) is 0 Å². The van der Waals surface area contributed by atoms with E-state index in [4.69, 9.17) is 35.4 Å². The highest BCUT2D eigenvalue weighted by Gasteiger charge is 2.12. The van der Waals surface area contributed by atoms with Crippen molar-refractivity contribution in [2.75, 3.05) is 19.8 Å². The van der Waals surface area contributed by atoms with Gasteiger partial charge in [-0.25, -0.2) is 4.79 Å². The van der Waals surface area contributed by atoms with Gasteiger partial charge in [0.25, 0.3) is 0 Å². The summed E-state index contributed by atoms with van der Waals surface area (Å²) in [4.78, 5) is 9.12. The zero-order valence-electron chi connectivity index (χ0n) is 6.87. The normalized spacial score (nSPS) is 13.9. The average Bonchev–Trinajstić information content (AvgIpc) is 2.16. The van der Waals surface area contributed by atoms with Crippen LogP contribution in [0.4, 0.5) is 0 Å². The van der Waals surface area contributed by atoms with E-state index in [0.29, 0.717) is 0 Å². The second-order valence-corrected chi connectivity index (χ2v) is 2.05. The Morgan fingerprint density at radius 1 is 1.00 bits per heavy atom. The standard InChI is InChI=1S/C4H10O4.C2H4O3/c5-1-3(7)4(8)2-6;3-1-2(4)5/h3-8H,1-2H2;3H,1H2,(H,4,5). The molecule has 0 amide bonds. The lowest BCUT2D eigenvalue weighted by Crippen LogP contribution is -2.31. The van der Waals surface area contributed by atoms with Crippen molar-refractivity contribution in [3.8, 4) is 0 Å². The molecule has 2 unspecified atom stereocenters. The van der Waals surface area contributed by atoms with E-state index in [2.05, 4.69) is 0 Å². The van der Waals surface area contributed by atoms with Crippen molar-refractivity contribution >= 4 is 5.97 Å². The molecular weight excluding hydrogens is 184 g/mol. The smallest absolute Gasteiger partial charge is 0.329 e. The summed E-state index contributed by atoms with van der Waals surface area (Å²) >= 11 is 0. The van der Waals surface area contributed by atoms with E-state index in [9.17, 15) is 0 Å². The Labute approximate surface area is 74.5 Å². The molecule has 7 nitrogen and oxygen atoms in total. The molecule has 0 aromatic heterocycles. The van der Waals surface area contributed by atoms with E-state index in [-0.39, 0.29) is 0 Å². The maximum absolute atomic E-state index is 9.12. The molecule has 0 fully saturated rings. The summed E-state index contributed by atoms with van der Waals surface area (Å²) in [5.74, 6) is -1.19. The Morgan fingerprint density at radius 2 is 1.23 bits per heavy atom. The van der Waals surface area contributed by atoms with Crippen molar-refractivity contribution in [3.63, 3.8) is 0 Å². The maximum atomic E-state index is 9.12. The average molecular weight is 198 g/mol. The van der Waals surface area contributed by atoms with Crippen LogP contribution in [0, 0.1) is 0 Å². The zero-order chi connectivity index (χ0) is 10.9. The molecule has 0 heterocycles. The molecule has 13 heavy (non-hydrogen) atoms. The Bertz CT molecular complexity index is 118. The van der Waals surface area contributed by atoms with E-state index in [1.54, 1.807) is 0 Å². The van der Waals surface area contributed by atoms with Crippen LogP contribution in [-0.2, 0) is 4.79 Å². The molecule has 80 valence electrons. The highest BCUT2D eigenvalue weighted by molar-refractivity contribution is 5.67.